The number of rotatable bonds is 5. The molecule has 0 radical (unpaired) electrons. The molecule has 8 heteroatoms. The van der Waals surface area contributed by atoms with Gasteiger partial charge in [-0.1, -0.05) is 18.2 Å². The molecule has 3 N–H and O–H groups in total. The Labute approximate surface area is 161 Å². The van der Waals surface area contributed by atoms with Gasteiger partial charge in [-0.25, -0.2) is 9.78 Å². The third-order valence-electron chi connectivity index (χ3n) is 3.77. The maximum Gasteiger partial charge on any atom is 0.408 e. The highest BCUT2D eigenvalue weighted by atomic mass is 32.1. The standard InChI is InChI=1S/C19H22N4O3S/c1-19(2,3)26-18(25)22-15(16(24)23-17-20-8-9-27-17)10-12-11-21-14-7-5-4-6-13(12)14/h4-9,11,15,21H,10H2,1-3H3,(H,22,25)(H,20,23,24)/t15-/m1/s1. The first kappa shape index (κ1) is 18.9. The molecule has 1 aromatic carbocycles. The molecule has 0 spiro atoms. The molecule has 3 rings (SSSR count). The molecule has 2 heterocycles. The van der Waals surface area contributed by atoms with Gasteiger partial charge in [-0.2, -0.15) is 0 Å². The Morgan fingerprint density at radius 2 is 2.07 bits per heavy atom. The molecule has 2 aromatic heterocycles. The predicted molar refractivity (Wildman–Crippen MR) is 106 cm³/mol. The zero-order valence-electron chi connectivity index (χ0n) is 15.4. The van der Waals surface area contributed by atoms with Gasteiger partial charge in [0.25, 0.3) is 0 Å². The minimum absolute atomic E-state index is 0.320. The van der Waals surface area contributed by atoms with Crippen molar-refractivity contribution in [2.75, 3.05) is 5.32 Å². The number of H-pyrrole nitrogens is 1. The molecule has 0 bridgehead atoms. The highest BCUT2D eigenvalue weighted by Crippen LogP contribution is 2.20. The number of nitrogens with zero attached hydrogens (tertiary/aromatic N) is 1. The van der Waals surface area contributed by atoms with Gasteiger partial charge in [0, 0.05) is 35.1 Å². The van der Waals surface area contributed by atoms with Crippen LogP contribution in [0.2, 0.25) is 0 Å². The van der Waals surface area contributed by atoms with Crippen molar-refractivity contribution in [2.24, 2.45) is 0 Å². The van der Waals surface area contributed by atoms with Crippen LogP contribution in [0, 0.1) is 0 Å². The number of fused-ring (bicyclic) bond motifs is 1. The lowest BCUT2D eigenvalue weighted by Gasteiger charge is -2.23. The van der Waals surface area contributed by atoms with Crippen molar-refractivity contribution in [1.29, 1.82) is 0 Å². The highest BCUT2D eigenvalue weighted by Gasteiger charge is 2.26. The number of para-hydroxylation sites is 1. The van der Waals surface area contributed by atoms with Crippen molar-refractivity contribution in [3.8, 4) is 0 Å². The summed E-state index contributed by atoms with van der Waals surface area (Å²) in [5, 5.41) is 8.68. The Kier molecular flexibility index (Phi) is 5.46. The van der Waals surface area contributed by atoms with E-state index in [-0.39, 0.29) is 5.91 Å². The maximum absolute atomic E-state index is 12.7. The number of ether oxygens (including phenoxy) is 1. The van der Waals surface area contributed by atoms with Crippen molar-refractivity contribution >= 4 is 39.4 Å². The second-order valence-corrected chi connectivity index (χ2v) is 7.98. The maximum atomic E-state index is 12.7. The summed E-state index contributed by atoms with van der Waals surface area (Å²) >= 11 is 1.31. The van der Waals surface area contributed by atoms with Gasteiger partial charge in [-0.15, -0.1) is 11.3 Å². The van der Waals surface area contributed by atoms with E-state index in [4.69, 9.17) is 4.74 Å². The number of nitrogens with one attached hydrogen (secondary N) is 3. The Bertz CT molecular complexity index is 928. The Hall–Kier alpha value is -2.87. The molecule has 7 nitrogen and oxygen atoms in total. The van der Waals surface area contributed by atoms with E-state index in [1.54, 1.807) is 32.3 Å². The van der Waals surface area contributed by atoms with Crippen LogP contribution in [-0.4, -0.2) is 33.6 Å². The van der Waals surface area contributed by atoms with Crippen molar-refractivity contribution in [2.45, 2.75) is 38.8 Å². The number of hydrogen-bond acceptors (Lipinski definition) is 5. The summed E-state index contributed by atoms with van der Waals surface area (Å²) in [5.74, 6) is -0.346. The fourth-order valence-electron chi connectivity index (χ4n) is 2.66. The second-order valence-electron chi connectivity index (χ2n) is 7.09. The average molecular weight is 386 g/mol. The van der Waals surface area contributed by atoms with E-state index < -0.39 is 17.7 Å². The zero-order valence-corrected chi connectivity index (χ0v) is 16.2. The summed E-state index contributed by atoms with van der Waals surface area (Å²) in [5.41, 5.74) is 1.26. The fourth-order valence-corrected chi connectivity index (χ4v) is 3.19. The van der Waals surface area contributed by atoms with Gasteiger partial charge in [0.2, 0.25) is 5.91 Å². The second kappa shape index (κ2) is 7.79. The van der Waals surface area contributed by atoms with Crippen LogP contribution < -0.4 is 10.6 Å². The van der Waals surface area contributed by atoms with Crippen LogP contribution in [0.1, 0.15) is 26.3 Å². The average Bonchev–Trinajstić information content (AvgIpc) is 3.22. The lowest BCUT2D eigenvalue weighted by molar-refractivity contribution is -0.118. The molecule has 0 aliphatic heterocycles. The van der Waals surface area contributed by atoms with E-state index in [0.29, 0.717) is 11.6 Å². The van der Waals surface area contributed by atoms with Gasteiger partial charge >= 0.3 is 6.09 Å². The van der Waals surface area contributed by atoms with Gasteiger partial charge < -0.3 is 20.4 Å². The lowest BCUT2D eigenvalue weighted by Crippen LogP contribution is -2.47. The Morgan fingerprint density at radius 3 is 2.78 bits per heavy atom. The third-order valence-corrected chi connectivity index (χ3v) is 4.46. The summed E-state index contributed by atoms with van der Waals surface area (Å²) < 4.78 is 5.31. The minimum atomic E-state index is -0.803. The van der Waals surface area contributed by atoms with Crippen LogP contribution in [0.15, 0.2) is 42.0 Å². The van der Waals surface area contributed by atoms with E-state index in [0.717, 1.165) is 16.5 Å². The lowest BCUT2D eigenvalue weighted by atomic mass is 10.0. The smallest absolute Gasteiger partial charge is 0.408 e. The summed E-state index contributed by atoms with van der Waals surface area (Å²) in [4.78, 5) is 32.2. The first-order valence-electron chi connectivity index (χ1n) is 8.57. The molecule has 1 atom stereocenters. The molecule has 0 saturated heterocycles. The molecule has 2 amide bonds. The summed E-state index contributed by atoms with van der Waals surface area (Å²) in [6.07, 6.45) is 3.14. The number of benzene rings is 1. The number of amides is 2. The predicted octanol–water partition coefficient (Wildman–Crippen LogP) is 3.70. The van der Waals surface area contributed by atoms with E-state index in [1.165, 1.54) is 11.3 Å². The van der Waals surface area contributed by atoms with Gasteiger partial charge in [-0.3, -0.25) is 4.79 Å². The largest absolute Gasteiger partial charge is 0.444 e. The number of alkyl carbamates (subject to hydrolysis) is 1. The van der Waals surface area contributed by atoms with Crippen molar-refractivity contribution in [3.63, 3.8) is 0 Å². The minimum Gasteiger partial charge on any atom is -0.444 e. The SMILES string of the molecule is CC(C)(C)OC(=O)N[C@H](Cc1c[nH]c2ccccc12)C(=O)Nc1nccs1. The summed E-state index contributed by atoms with van der Waals surface area (Å²) in [6.45, 7) is 5.32. The quantitative estimate of drug-likeness (QED) is 0.623. The molecule has 27 heavy (non-hydrogen) atoms. The number of aromatic nitrogens is 2. The summed E-state index contributed by atoms with van der Waals surface area (Å²) in [6, 6.07) is 7.01. The highest BCUT2D eigenvalue weighted by molar-refractivity contribution is 7.13. The molecule has 0 saturated carbocycles. The molecule has 3 aromatic rings. The van der Waals surface area contributed by atoms with Crippen LogP contribution in [-0.2, 0) is 16.0 Å². The van der Waals surface area contributed by atoms with Gasteiger partial charge in [-0.05, 0) is 32.4 Å². The van der Waals surface area contributed by atoms with Crippen LogP contribution in [0.4, 0.5) is 9.93 Å². The monoisotopic (exact) mass is 386 g/mol. The topological polar surface area (TPSA) is 96.1 Å². The van der Waals surface area contributed by atoms with Gasteiger partial charge in [0.1, 0.15) is 11.6 Å². The van der Waals surface area contributed by atoms with Crippen molar-refractivity contribution in [3.05, 3.63) is 47.6 Å². The van der Waals surface area contributed by atoms with Gasteiger partial charge in [0.15, 0.2) is 5.13 Å². The summed E-state index contributed by atoms with van der Waals surface area (Å²) in [7, 11) is 0. The molecule has 142 valence electrons. The van der Waals surface area contributed by atoms with Gasteiger partial charge in [0.05, 0.1) is 0 Å². The normalized spacial score (nSPS) is 12.6. The Balaban J connectivity index is 1.80. The molecular weight excluding hydrogens is 364 g/mol. The molecular formula is C19H22N4O3S. The molecule has 0 aliphatic carbocycles. The van der Waals surface area contributed by atoms with E-state index >= 15 is 0 Å². The van der Waals surface area contributed by atoms with Crippen LogP contribution >= 0.6 is 11.3 Å². The molecule has 0 unspecified atom stereocenters. The number of thiazole rings is 1. The van der Waals surface area contributed by atoms with Crippen molar-refractivity contribution in [1.82, 2.24) is 15.3 Å². The molecule has 0 fully saturated rings. The van der Waals surface area contributed by atoms with E-state index in [1.807, 2.05) is 30.5 Å². The Morgan fingerprint density at radius 1 is 1.30 bits per heavy atom. The van der Waals surface area contributed by atoms with Crippen LogP contribution in [0.3, 0.4) is 0 Å². The first-order chi connectivity index (χ1) is 12.8. The molecule has 0 aliphatic rings. The van der Waals surface area contributed by atoms with Crippen LogP contribution in [0.25, 0.3) is 10.9 Å². The number of carbonyl (C=O) groups excluding carboxylic acids is 2. The van der Waals surface area contributed by atoms with Crippen molar-refractivity contribution < 1.29 is 14.3 Å². The first-order valence-corrected chi connectivity index (χ1v) is 9.44. The number of carbonyl (C=O) groups is 2. The van der Waals surface area contributed by atoms with E-state index in [9.17, 15) is 9.59 Å². The third kappa shape index (κ3) is 5.07. The zero-order chi connectivity index (χ0) is 19.4. The van der Waals surface area contributed by atoms with E-state index in [2.05, 4.69) is 20.6 Å². The number of aromatic amines is 1. The fraction of sp³-hybridized carbons (Fsp3) is 0.316. The number of hydrogen-bond donors (Lipinski definition) is 3. The van der Waals surface area contributed by atoms with Crippen LogP contribution in [0.5, 0.6) is 0 Å². The number of anilines is 1.